The summed E-state index contributed by atoms with van der Waals surface area (Å²) in [6, 6.07) is 10.5. The molecule has 0 radical (unpaired) electrons. The fraction of sp³-hybridized carbons (Fsp3) is 0.308. The zero-order valence-corrected chi connectivity index (χ0v) is 8.98. The largest absolute Gasteiger partial charge is 0.330 e. The highest BCUT2D eigenvalue weighted by molar-refractivity contribution is 5.78. The molecule has 0 spiro atoms. The van der Waals surface area contributed by atoms with E-state index in [1.54, 1.807) is 0 Å². The van der Waals surface area contributed by atoms with E-state index in [0.29, 0.717) is 5.92 Å². The van der Waals surface area contributed by atoms with E-state index in [9.17, 15) is 0 Å². The van der Waals surface area contributed by atoms with Crippen LogP contribution in [0.25, 0.3) is 10.9 Å². The third-order valence-corrected chi connectivity index (χ3v) is 2.66. The van der Waals surface area contributed by atoms with Crippen LogP contribution < -0.4 is 5.73 Å². The number of hydrogen-bond donors (Lipinski definition) is 1. The van der Waals surface area contributed by atoms with Crippen LogP contribution in [0.1, 0.15) is 12.5 Å². The van der Waals surface area contributed by atoms with Gasteiger partial charge in [0, 0.05) is 11.6 Å². The van der Waals surface area contributed by atoms with E-state index >= 15 is 0 Å². The van der Waals surface area contributed by atoms with Crippen molar-refractivity contribution in [2.75, 3.05) is 6.54 Å². The molecule has 0 saturated heterocycles. The maximum atomic E-state index is 5.62. The second kappa shape index (κ2) is 4.41. The Labute approximate surface area is 90.1 Å². The Kier molecular flexibility index (Phi) is 2.97. The lowest BCUT2D eigenvalue weighted by atomic mass is 10.0. The summed E-state index contributed by atoms with van der Waals surface area (Å²) in [4.78, 5) is 4.34. The summed E-state index contributed by atoms with van der Waals surface area (Å²) in [6.45, 7) is 2.91. The molecule has 0 saturated carbocycles. The first kappa shape index (κ1) is 10.1. The Balaban J connectivity index is 2.30. The van der Waals surface area contributed by atoms with Crippen molar-refractivity contribution < 1.29 is 0 Å². The number of fused-ring (bicyclic) bond motifs is 1. The number of benzene rings is 1. The molecule has 2 heteroatoms. The Morgan fingerprint density at radius 1 is 1.33 bits per heavy atom. The summed E-state index contributed by atoms with van der Waals surface area (Å²) in [5.41, 5.74) is 8.00. The number of pyridine rings is 1. The summed E-state index contributed by atoms with van der Waals surface area (Å²) in [7, 11) is 0. The SMILES string of the molecule is C[C@H](CN)Cc1ccc2cccnc2c1. The van der Waals surface area contributed by atoms with Gasteiger partial charge in [-0.1, -0.05) is 25.1 Å². The first-order valence-electron chi connectivity index (χ1n) is 5.33. The van der Waals surface area contributed by atoms with Gasteiger partial charge in [-0.05, 0) is 36.6 Å². The van der Waals surface area contributed by atoms with E-state index in [-0.39, 0.29) is 0 Å². The zero-order chi connectivity index (χ0) is 10.7. The van der Waals surface area contributed by atoms with Crippen LogP contribution in [0.4, 0.5) is 0 Å². The number of nitrogens with zero attached hydrogens (tertiary/aromatic N) is 1. The van der Waals surface area contributed by atoms with Gasteiger partial charge in [0.25, 0.3) is 0 Å². The second-order valence-electron chi connectivity index (χ2n) is 4.08. The van der Waals surface area contributed by atoms with Gasteiger partial charge in [-0.2, -0.15) is 0 Å². The summed E-state index contributed by atoms with van der Waals surface area (Å²) in [5, 5.41) is 1.20. The molecule has 1 aromatic heterocycles. The molecule has 0 bridgehead atoms. The molecule has 1 heterocycles. The van der Waals surface area contributed by atoms with Gasteiger partial charge >= 0.3 is 0 Å². The average molecular weight is 200 g/mol. The van der Waals surface area contributed by atoms with Crippen molar-refractivity contribution in [3.05, 3.63) is 42.1 Å². The van der Waals surface area contributed by atoms with Gasteiger partial charge in [-0.15, -0.1) is 0 Å². The molecule has 78 valence electrons. The van der Waals surface area contributed by atoms with Crippen molar-refractivity contribution in [1.29, 1.82) is 0 Å². The van der Waals surface area contributed by atoms with Crippen LogP contribution >= 0.6 is 0 Å². The highest BCUT2D eigenvalue weighted by Gasteiger charge is 2.02. The second-order valence-corrected chi connectivity index (χ2v) is 4.08. The van der Waals surface area contributed by atoms with Crippen LogP contribution in [0.5, 0.6) is 0 Å². The summed E-state index contributed by atoms with van der Waals surface area (Å²) < 4.78 is 0. The third kappa shape index (κ3) is 2.34. The van der Waals surface area contributed by atoms with Gasteiger partial charge in [-0.25, -0.2) is 0 Å². The third-order valence-electron chi connectivity index (χ3n) is 2.66. The predicted molar refractivity (Wildman–Crippen MR) is 63.7 cm³/mol. The van der Waals surface area contributed by atoms with E-state index in [0.717, 1.165) is 18.5 Å². The zero-order valence-electron chi connectivity index (χ0n) is 8.98. The van der Waals surface area contributed by atoms with E-state index in [1.165, 1.54) is 10.9 Å². The van der Waals surface area contributed by atoms with Crippen LogP contribution in [0, 0.1) is 5.92 Å². The number of hydrogen-bond acceptors (Lipinski definition) is 2. The smallest absolute Gasteiger partial charge is 0.0704 e. The first-order valence-corrected chi connectivity index (χ1v) is 5.33. The van der Waals surface area contributed by atoms with Gasteiger partial charge < -0.3 is 5.73 Å². The predicted octanol–water partition coefficient (Wildman–Crippen LogP) is 2.37. The lowest BCUT2D eigenvalue weighted by molar-refractivity contribution is 0.593. The molecule has 0 fully saturated rings. The molecular formula is C13H16N2. The van der Waals surface area contributed by atoms with Crippen LogP contribution in [-0.4, -0.2) is 11.5 Å². The maximum absolute atomic E-state index is 5.62. The van der Waals surface area contributed by atoms with Crippen LogP contribution in [-0.2, 0) is 6.42 Å². The Morgan fingerprint density at radius 2 is 2.20 bits per heavy atom. The average Bonchev–Trinajstić information content (AvgIpc) is 2.29. The van der Waals surface area contributed by atoms with Gasteiger partial charge in [0.2, 0.25) is 0 Å². The van der Waals surface area contributed by atoms with Crippen molar-refractivity contribution in [3.63, 3.8) is 0 Å². The molecule has 0 amide bonds. The molecular weight excluding hydrogens is 184 g/mol. The number of rotatable bonds is 3. The minimum Gasteiger partial charge on any atom is -0.330 e. The Bertz CT molecular complexity index is 451. The van der Waals surface area contributed by atoms with Crippen molar-refractivity contribution in [2.45, 2.75) is 13.3 Å². The highest BCUT2D eigenvalue weighted by Crippen LogP contribution is 2.15. The Hall–Kier alpha value is -1.41. The first-order chi connectivity index (χ1) is 7.29. The summed E-state index contributed by atoms with van der Waals surface area (Å²) >= 11 is 0. The number of nitrogens with two attached hydrogens (primary N) is 1. The van der Waals surface area contributed by atoms with Crippen LogP contribution in [0.15, 0.2) is 36.5 Å². The number of aromatic nitrogens is 1. The molecule has 0 unspecified atom stereocenters. The van der Waals surface area contributed by atoms with Crippen molar-refractivity contribution in [3.8, 4) is 0 Å². The molecule has 1 atom stereocenters. The summed E-state index contributed by atoms with van der Waals surface area (Å²) in [5.74, 6) is 0.533. The van der Waals surface area contributed by atoms with E-state index in [4.69, 9.17) is 5.73 Å². The van der Waals surface area contributed by atoms with Gasteiger partial charge in [0.15, 0.2) is 0 Å². The standard InChI is InChI=1S/C13H16N2/c1-10(9-14)7-11-4-5-12-3-2-6-15-13(12)8-11/h2-6,8,10H,7,9,14H2,1H3/t10-/m0/s1. The van der Waals surface area contributed by atoms with Gasteiger partial charge in [0.05, 0.1) is 5.52 Å². The molecule has 0 aliphatic rings. The van der Waals surface area contributed by atoms with Crippen LogP contribution in [0.3, 0.4) is 0 Å². The normalized spacial score (nSPS) is 12.9. The lowest BCUT2D eigenvalue weighted by Gasteiger charge is -2.08. The topological polar surface area (TPSA) is 38.9 Å². The monoisotopic (exact) mass is 200 g/mol. The highest BCUT2D eigenvalue weighted by atomic mass is 14.6. The van der Waals surface area contributed by atoms with Crippen molar-refractivity contribution in [2.24, 2.45) is 11.7 Å². The van der Waals surface area contributed by atoms with E-state index < -0.39 is 0 Å². The molecule has 2 rings (SSSR count). The lowest BCUT2D eigenvalue weighted by Crippen LogP contribution is -2.12. The summed E-state index contributed by atoms with van der Waals surface area (Å²) in [6.07, 6.45) is 2.86. The minimum absolute atomic E-state index is 0.533. The molecule has 15 heavy (non-hydrogen) atoms. The molecule has 0 aliphatic carbocycles. The molecule has 2 N–H and O–H groups in total. The van der Waals surface area contributed by atoms with Crippen LogP contribution in [0.2, 0.25) is 0 Å². The molecule has 1 aromatic carbocycles. The van der Waals surface area contributed by atoms with Crippen molar-refractivity contribution >= 4 is 10.9 Å². The fourth-order valence-corrected chi connectivity index (χ4v) is 1.72. The quantitative estimate of drug-likeness (QED) is 0.826. The fourth-order valence-electron chi connectivity index (χ4n) is 1.72. The Morgan fingerprint density at radius 3 is 3.00 bits per heavy atom. The molecule has 2 aromatic rings. The molecule has 0 aliphatic heterocycles. The van der Waals surface area contributed by atoms with Gasteiger partial charge in [-0.3, -0.25) is 4.98 Å². The molecule has 2 nitrogen and oxygen atoms in total. The van der Waals surface area contributed by atoms with Gasteiger partial charge in [0.1, 0.15) is 0 Å². The maximum Gasteiger partial charge on any atom is 0.0704 e. The van der Waals surface area contributed by atoms with E-state index in [1.807, 2.05) is 12.3 Å². The van der Waals surface area contributed by atoms with E-state index in [2.05, 4.69) is 36.2 Å². The minimum atomic E-state index is 0.533. The van der Waals surface area contributed by atoms with Crippen molar-refractivity contribution in [1.82, 2.24) is 4.98 Å².